The Kier molecular flexibility index (Phi) is 4.93. The number of aromatic nitrogens is 2. The molecule has 1 aliphatic rings. The Bertz CT molecular complexity index is 386. The predicted molar refractivity (Wildman–Crippen MR) is 78.8 cm³/mol. The molecule has 0 bridgehead atoms. The zero-order valence-corrected chi connectivity index (χ0v) is 12.1. The van der Waals surface area contributed by atoms with E-state index in [1.807, 2.05) is 13.2 Å². The van der Waals surface area contributed by atoms with Crippen molar-refractivity contribution in [1.82, 2.24) is 19.8 Å². The lowest BCUT2D eigenvalue weighted by atomic mass is 10.3. The summed E-state index contributed by atoms with van der Waals surface area (Å²) >= 11 is 0. The van der Waals surface area contributed by atoms with Crippen LogP contribution in [0.3, 0.4) is 0 Å². The van der Waals surface area contributed by atoms with Gasteiger partial charge >= 0.3 is 0 Å². The summed E-state index contributed by atoms with van der Waals surface area (Å²) in [6.07, 6.45) is 3.59. The second-order valence-electron chi connectivity index (χ2n) is 5.14. The van der Waals surface area contributed by atoms with Crippen LogP contribution in [0.4, 0.5) is 11.6 Å². The molecule has 0 unspecified atom stereocenters. The van der Waals surface area contributed by atoms with Gasteiger partial charge in [0.1, 0.15) is 11.6 Å². The van der Waals surface area contributed by atoms with E-state index in [9.17, 15) is 0 Å². The van der Waals surface area contributed by atoms with E-state index in [4.69, 9.17) is 0 Å². The van der Waals surface area contributed by atoms with Gasteiger partial charge in [0.05, 0.1) is 12.4 Å². The van der Waals surface area contributed by atoms with Gasteiger partial charge < -0.3 is 15.1 Å². The normalized spacial score (nSPS) is 16.9. The highest BCUT2D eigenvalue weighted by molar-refractivity contribution is 5.43. The van der Waals surface area contributed by atoms with Crippen molar-refractivity contribution in [3.8, 4) is 0 Å². The van der Waals surface area contributed by atoms with E-state index in [2.05, 4.69) is 44.1 Å². The number of piperazine rings is 1. The molecule has 2 heterocycles. The first-order valence-corrected chi connectivity index (χ1v) is 6.81. The van der Waals surface area contributed by atoms with Gasteiger partial charge in [-0.1, -0.05) is 0 Å². The van der Waals surface area contributed by atoms with Crippen molar-refractivity contribution < 1.29 is 0 Å². The highest BCUT2D eigenvalue weighted by Crippen LogP contribution is 2.14. The third-order valence-electron chi connectivity index (χ3n) is 3.44. The minimum absolute atomic E-state index is 0.826. The minimum atomic E-state index is 0.826. The van der Waals surface area contributed by atoms with Gasteiger partial charge in [-0.15, -0.1) is 0 Å². The fourth-order valence-electron chi connectivity index (χ4n) is 2.17. The second-order valence-corrected chi connectivity index (χ2v) is 5.14. The maximum absolute atomic E-state index is 4.54. The van der Waals surface area contributed by atoms with Crippen molar-refractivity contribution in [3.05, 3.63) is 12.4 Å². The SMILES string of the molecule is CNc1cncc(N2CCN(CCN(C)C)CC2)n1. The van der Waals surface area contributed by atoms with Crippen LogP contribution < -0.4 is 10.2 Å². The summed E-state index contributed by atoms with van der Waals surface area (Å²) in [4.78, 5) is 15.8. The number of likely N-dealkylation sites (N-methyl/N-ethyl adjacent to an activating group) is 1. The standard InChI is InChI=1S/C13H24N6/c1-14-12-10-15-11-13(16-12)19-8-6-18(7-9-19)5-4-17(2)3/h10-11H,4-9H2,1-3H3,(H,14,16). The first-order chi connectivity index (χ1) is 9.19. The van der Waals surface area contributed by atoms with E-state index in [0.29, 0.717) is 0 Å². The molecule has 0 radical (unpaired) electrons. The van der Waals surface area contributed by atoms with Crippen LogP contribution in [-0.2, 0) is 0 Å². The van der Waals surface area contributed by atoms with Crippen molar-refractivity contribution in [2.75, 3.05) is 70.6 Å². The smallest absolute Gasteiger partial charge is 0.149 e. The summed E-state index contributed by atoms with van der Waals surface area (Å²) in [5.74, 6) is 1.80. The van der Waals surface area contributed by atoms with Gasteiger partial charge in [-0.25, -0.2) is 4.98 Å². The van der Waals surface area contributed by atoms with Crippen molar-refractivity contribution in [1.29, 1.82) is 0 Å². The molecule has 1 saturated heterocycles. The summed E-state index contributed by atoms with van der Waals surface area (Å²) in [6, 6.07) is 0. The van der Waals surface area contributed by atoms with Crippen LogP contribution in [0.5, 0.6) is 0 Å². The lowest BCUT2D eigenvalue weighted by Gasteiger charge is -2.35. The molecule has 0 saturated carbocycles. The Hall–Kier alpha value is -1.40. The second kappa shape index (κ2) is 6.68. The minimum Gasteiger partial charge on any atom is -0.372 e. The largest absolute Gasteiger partial charge is 0.372 e. The maximum Gasteiger partial charge on any atom is 0.149 e. The number of nitrogens with zero attached hydrogens (tertiary/aromatic N) is 5. The maximum atomic E-state index is 4.54. The third-order valence-corrected chi connectivity index (χ3v) is 3.44. The molecule has 106 valence electrons. The van der Waals surface area contributed by atoms with Gasteiger partial charge in [0.15, 0.2) is 0 Å². The third kappa shape index (κ3) is 4.04. The fraction of sp³-hybridized carbons (Fsp3) is 0.692. The van der Waals surface area contributed by atoms with Gasteiger partial charge in [-0.3, -0.25) is 9.88 Å². The number of hydrogen-bond donors (Lipinski definition) is 1. The molecule has 0 amide bonds. The van der Waals surface area contributed by atoms with E-state index < -0.39 is 0 Å². The molecule has 19 heavy (non-hydrogen) atoms. The first-order valence-electron chi connectivity index (χ1n) is 6.81. The van der Waals surface area contributed by atoms with Gasteiger partial charge in [-0.2, -0.15) is 0 Å². The van der Waals surface area contributed by atoms with E-state index in [1.165, 1.54) is 0 Å². The highest BCUT2D eigenvalue weighted by Gasteiger charge is 2.18. The number of rotatable bonds is 5. The molecule has 0 aromatic carbocycles. The summed E-state index contributed by atoms with van der Waals surface area (Å²) in [6.45, 7) is 6.50. The molecular formula is C13H24N6. The Morgan fingerprint density at radius 2 is 1.95 bits per heavy atom. The van der Waals surface area contributed by atoms with E-state index in [-0.39, 0.29) is 0 Å². The van der Waals surface area contributed by atoms with Gasteiger partial charge in [0.25, 0.3) is 0 Å². The quantitative estimate of drug-likeness (QED) is 0.820. The average molecular weight is 264 g/mol. The van der Waals surface area contributed by atoms with Crippen LogP contribution in [-0.4, -0.2) is 80.2 Å². The van der Waals surface area contributed by atoms with Crippen molar-refractivity contribution >= 4 is 11.6 Å². The van der Waals surface area contributed by atoms with Crippen LogP contribution in [0.1, 0.15) is 0 Å². The lowest BCUT2D eigenvalue weighted by molar-refractivity contribution is 0.229. The Balaban J connectivity index is 1.85. The van der Waals surface area contributed by atoms with Crippen LogP contribution in [0.2, 0.25) is 0 Å². The zero-order valence-electron chi connectivity index (χ0n) is 12.1. The molecule has 1 aliphatic heterocycles. The fourth-order valence-corrected chi connectivity index (χ4v) is 2.17. The van der Waals surface area contributed by atoms with Crippen LogP contribution in [0, 0.1) is 0 Å². The monoisotopic (exact) mass is 264 g/mol. The van der Waals surface area contributed by atoms with Gasteiger partial charge in [0.2, 0.25) is 0 Å². The van der Waals surface area contributed by atoms with Crippen LogP contribution >= 0.6 is 0 Å². The Labute approximate surface area is 115 Å². The molecule has 6 nitrogen and oxygen atoms in total. The van der Waals surface area contributed by atoms with Crippen molar-refractivity contribution in [3.63, 3.8) is 0 Å². The number of nitrogens with one attached hydrogen (secondary N) is 1. The highest BCUT2D eigenvalue weighted by atomic mass is 15.3. The predicted octanol–water partition coefficient (Wildman–Crippen LogP) is 0.202. The first kappa shape index (κ1) is 14.0. The molecule has 6 heteroatoms. The molecular weight excluding hydrogens is 240 g/mol. The molecule has 0 aliphatic carbocycles. The van der Waals surface area contributed by atoms with Gasteiger partial charge in [0, 0.05) is 46.3 Å². The number of anilines is 2. The Morgan fingerprint density at radius 1 is 1.21 bits per heavy atom. The van der Waals surface area contributed by atoms with E-state index >= 15 is 0 Å². The number of hydrogen-bond acceptors (Lipinski definition) is 6. The molecule has 0 atom stereocenters. The molecule has 1 aromatic rings. The molecule has 0 spiro atoms. The van der Waals surface area contributed by atoms with Crippen molar-refractivity contribution in [2.45, 2.75) is 0 Å². The summed E-state index contributed by atoms with van der Waals surface area (Å²) < 4.78 is 0. The summed E-state index contributed by atoms with van der Waals surface area (Å²) in [5.41, 5.74) is 0. The average Bonchev–Trinajstić information content (AvgIpc) is 2.45. The van der Waals surface area contributed by atoms with Crippen molar-refractivity contribution in [2.24, 2.45) is 0 Å². The van der Waals surface area contributed by atoms with Crippen LogP contribution in [0.25, 0.3) is 0 Å². The van der Waals surface area contributed by atoms with Crippen LogP contribution in [0.15, 0.2) is 12.4 Å². The lowest BCUT2D eigenvalue weighted by Crippen LogP contribution is -2.48. The summed E-state index contributed by atoms with van der Waals surface area (Å²) in [5, 5.41) is 3.03. The topological polar surface area (TPSA) is 47.5 Å². The zero-order chi connectivity index (χ0) is 13.7. The Morgan fingerprint density at radius 3 is 2.58 bits per heavy atom. The van der Waals surface area contributed by atoms with E-state index in [1.54, 1.807) is 6.20 Å². The molecule has 1 fully saturated rings. The molecule has 1 aromatic heterocycles. The molecule has 2 rings (SSSR count). The molecule has 1 N–H and O–H groups in total. The van der Waals surface area contributed by atoms with Gasteiger partial charge in [-0.05, 0) is 14.1 Å². The van der Waals surface area contributed by atoms with E-state index in [0.717, 1.165) is 50.9 Å². The summed E-state index contributed by atoms with van der Waals surface area (Å²) in [7, 11) is 6.11.